The van der Waals surface area contributed by atoms with E-state index in [1.54, 1.807) is 0 Å². The predicted octanol–water partition coefficient (Wildman–Crippen LogP) is 11.4. The molecule has 0 radical (unpaired) electrons. The van der Waals surface area contributed by atoms with Gasteiger partial charge in [0, 0.05) is 19.6 Å². The van der Waals surface area contributed by atoms with Crippen molar-refractivity contribution >= 4 is 13.8 Å². The molecule has 0 aliphatic carbocycles. The van der Waals surface area contributed by atoms with Crippen LogP contribution in [-0.2, 0) is 27.9 Å². The summed E-state index contributed by atoms with van der Waals surface area (Å²) in [6, 6.07) is 0. The summed E-state index contributed by atoms with van der Waals surface area (Å²) in [5.41, 5.74) is 5.35. The van der Waals surface area contributed by atoms with E-state index in [0.717, 1.165) is 32.1 Å². The van der Waals surface area contributed by atoms with Gasteiger partial charge in [0.2, 0.25) is 0 Å². The van der Waals surface area contributed by atoms with Gasteiger partial charge in [-0.2, -0.15) is 0 Å². The first-order valence-electron chi connectivity index (χ1n) is 20.0. The van der Waals surface area contributed by atoms with Crippen molar-refractivity contribution in [3.63, 3.8) is 0 Å². The highest BCUT2D eigenvalue weighted by molar-refractivity contribution is 7.47. The van der Waals surface area contributed by atoms with E-state index in [9.17, 15) is 14.3 Å². The smallest absolute Gasteiger partial charge is 0.457 e. The van der Waals surface area contributed by atoms with Gasteiger partial charge in [-0.1, -0.05) is 181 Å². The molecule has 0 rings (SSSR count). The van der Waals surface area contributed by atoms with E-state index in [2.05, 4.69) is 13.8 Å². The van der Waals surface area contributed by atoms with Crippen molar-refractivity contribution in [1.29, 1.82) is 0 Å². The van der Waals surface area contributed by atoms with Crippen LogP contribution in [0.1, 0.15) is 200 Å². The standard InChI is InChI=1S/C38H78NO7P/c1-3-5-7-9-11-13-15-16-17-18-19-20-22-24-26-28-30-33-43-35-37(36-45-47(41,42)44-34-32-39)46-38(40)31-29-27-25-23-21-14-12-10-8-6-4-2/h37H,3-36,39H2,1-2H3,(H,41,42). The third-order valence-electron chi connectivity index (χ3n) is 8.77. The number of carbonyl (C=O) groups is 1. The quantitative estimate of drug-likeness (QED) is 0.0371. The Hall–Kier alpha value is -0.500. The van der Waals surface area contributed by atoms with Gasteiger partial charge in [-0.15, -0.1) is 0 Å². The number of hydrogen-bond acceptors (Lipinski definition) is 7. The summed E-state index contributed by atoms with van der Waals surface area (Å²) in [5, 5.41) is 0. The molecule has 0 spiro atoms. The SMILES string of the molecule is CCCCCCCCCCCCCCCCCCCOCC(COP(=O)(O)OCCN)OC(=O)CCCCCCCCCCCCC. The number of hydrogen-bond donors (Lipinski definition) is 2. The summed E-state index contributed by atoms with van der Waals surface area (Å²) in [4.78, 5) is 22.4. The molecule has 0 heterocycles. The number of unbranched alkanes of at least 4 members (excludes halogenated alkanes) is 26. The number of rotatable bonds is 39. The topological polar surface area (TPSA) is 117 Å². The van der Waals surface area contributed by atoms with Crippen LogP contribution in [0.2, 0.25) is 0 Å². The molecule has 0 saturated heterocycles. The lowest BCUT2D eigenvalue weighted by Crippen LogP contribution is -2.28. The molecule has 0 saturated carbocycles. The van der Waals surface area contributed by atoms with Gasteiger partial charge >= 0.3 is 13.8 Å². The minimum atomic E-state index is -4.26. The molecule has 0 bridgehead atoms. The summed E-state index contributed by atoms with van der Waals surface area (Å²) in [6.45, 7) is 4.96. The first-order chi connectivity index (χ1) is 22.9. The molecule has 0 fully saturated rings. The molecule has 0 aromatic carbocycles. The van der Waals surface area contributed by atoms with Gasteiger partial charge in [0.15, 0.2) is 0 Å². The molecule has 0 aromatic rings. The van der Waals surface area contributed by atoms with Crippen LogP contribution in [0.4, 0.5) is 0 Å². The molecule has 0 amide bonds. The van der Waals surface area contributed by atoms with E-state index >= 15 is 0 Å². The van der Waals surface area contributed by atoms with E-state index in [-0.39, 0.29) is 32.3 Å². The number of nitrogens with two attached hydrogens (primary N) is 1. The van der Waals surface area contributed by atoms with Crippen LogP contribution in [-0.4, -0.2) is 49.9 Å². The Bertz CT molecular complexity index is 697. The lowest BCUT2D eigenvalue weighted by Gasteiger charge is -2.20. The van der Waals surface area contributed by atoms with Gasteiger partial charge in [0.05, 0.1) is 19.8 Å². The molecule has 47 heavy (non-hydrogen) atoms. The Labute approximate surface area is 291 Å². The van der Waals surface area contributed by atoms with Crippen LogP contribution >= 0.6 is 7.82 Å². The van der Waals surface area contributed by atoms with E-state index < -0.39 is 13.9 Å². The van der Waals surface area contributed by atoms with E-state index in [4.69, 9.17) is 24.3 Å². The van der Waals surface area contributed by atoms with Crippen molar-refractivity contribution in [2.45, 2.75) is 206 Å². The Morgan fingerprint density at radius 2 is 0.936 bits per heavy atom. The molecular weight excluding hydrogens is 613 g/mol. The fraction of sp³-hybridized carbons (Fsp3) is 0.974. The van der Waals surface area contributed by atoms with Crippen LogP contribution < -0.4 is 5.73 Å². The maximum absolute atomic E-state index is 12.5. The van der Waals surface area contributed by atoms with Crippen molar-refractivity contribution in [3.05, 3.63) is 0 Å². The zero-order valence-electron chi connectivity index (χ0n) is 31.0. The monoisotopic (exact) mass is 692 g/mol. The van der Waals surface area contributed by atoms with Crippen LogP contribution in [0.3, 0.4) is 0 Å². The number of phosphoric ester groups is 1. The van der Waals surface area contributed by atoms with Gasteiger partial charge in [-0.05, 0) is 12.8 Å². The summed E-state index contributed by atoms with van der Waals surface area (Å²) >= 11 is 0. The fourth-order valence-corrected chi connectivity index (χ4v) is 6.59. The number of ether oxygens (including phenoxy) is 2. The average molecular weight is 692 g/mol. The first kappa shape index (κ1) is 46.5. The van der Waals surface area contributed by atoms with Crippen molar-refractivity contribution in [2.24, 2.45) is 5.73 Å². The second-order valence-electron chi connectivity index (χ2n) is 13.5. The fourth-order valence-electron chi connectivity index (χ4n) is 5.82. The molecule has 3 N–H and O–H groups in total. The summed E-state index contributed by atoms with van der Waals surface area (Å²) in [5.74, 6) is -0.327. The molecule has 2 unspecified atom stereocenters. The van der Waals surface area contributed by atoms with Crippen molar-refractivity contribution in [2.75, 3.05) is 33.0 Å². The highest BCUT2D eigenvalue weighted by Crippen LogP contribution is 2.43. The minimum absolute atomic E-state index is 0.0904. The molecule has 0 aliphatic rings. The van der Waals surface area contributed by atoms with Crippen LogP contribution in [0.5, 0.6) is 0 Å². The normalized spacial score (nSPS) is 13.5. The highest BCUT2D eigenvalue weighted by Gasteiger charge is 2.25. The van der Waals surface area contributed by atoms with Crippen molar-refractivity contribution in [3.8, 4) is 0 Å². The van der Waals surface area contributed by atoms with Crippen molar-refractivity contribution in [1.82, 2.24) is 0 Å². The van der Waals surface area contributed by atoms with Crippen LogP contribution in [0.15, 0.2) is 0 Å². The first-order valence-corrected chi connectivity index (χ1v) is 21.5. The molecule has 8 nitrogen and oxygen atoms in total. The van der Waals surface area contributed by atoms with Crippen molar-refractivity contribution < 1.29 is 32.8 Å². The Kier molecular flexibility index (Phi) is 36.4. The maximum Gasteiger partial charge on any atom is 0.472 e. The lowest BCUT2D eigenvalue weighted by molar-refractivity contribution is -0.154. The van der Waals surface area contributed by atoms with E-state index in [1.165, 1.54) is 148 Å². The highest BCUT2D eigenvalue weighted by atomic mass is 31.2. The molecule has 282 valence electrons. The zero-order valence-corrected chi connectivity index (χ0v) is 31.9. The Balaban J connectivity index is 3.98. The lowest BCUT2D eigenvalue weighted by atomic mass is 10.0. The van der Waals surface area contributed by atoms with Crippen LogP contribution in [0, 0.1) is 0 Å². The average Bonchev–Trinajstić information content (AvgIpc) is 3.06. The zero-order chi connectivity index (χ0) is 34.5. The second-order valence-corrected chi connectivity index (χ2v) is 15.0. The van der Waals surface area contributed by atoms with Gasteiger partial charge in [0.25, 0.3) is 0 Å². The maximum atomic E-state index is 12.5. The van der Waals surface area contributed by atoms with Crippen LogP contribution in [0.25, 0.3) is 0 Å². The molecule has 0 aromatic heterocycles. The van der Waals surface area contributed by atoms with E-state index in [1.807, 2.05) is 0 Å². The molecule has 9 heteroatoms. The summed E-state index contributed by atoms with van der Waals surface area (Å²) < 4.78 is 33.3. The number of esters is 1. The molecule has 0 aliphatic heterocycles. The second kappa shape index (κ2) is 36.8. The van der Waals surface area contributed by atoms with Gasteiger partial charge < -0.3 is 20.1 Å². The third-order valence-corrected chi connectivity index (χ3v) is 9.76. The summed E-state index contributed by atoms with van der Waals surface area (Å²) in [7, 11) is -4.26. The van der Waals surface area contributed by atoms with Gasteiger partial charge in [-0.25, -0.2) is 4.57 Å². The predicted molar refractivity (Wildman–Crippen MR) is 197 cm³/mol. The largest absolute Gasteiger partial charge is 0.472 e. The van der Waals surface area contributed by atoms with Gasteiger partial charge in [-0.3, -0.25) is 13.8 Å². The minimum Gasteiger partial charge on any atom is -0.457 e. The Morgan fingerprint density at radius 3 is 1.34 bits per heavy atom. The Morgan fingerprint density at radius 1 is 0.553 bits per heavy atom. The number of carbonyl (C=O) groups excluding carboxylic acids is 1. The van der Waals surface area contributed by atoms with E-state index in [0.29, 0.717) is 13.0 Å². The van der Waals surface area contributed by atoms with Gasteiger partial charge in [0.1, 0.15) is 6.10 Å². The molecular formula is C38H78NO7P. The number of phosphoric acid groups is 1. The summed E-state index contributed by atoms with van der Waals surface area (Å²) in [6.07, 6.45) is 35.4. The third kappa shape index (κ3) is 36.6. The molecule has 2 atom stereocenters.